The third-order valence-electron chi connectivity index (χ3n) is 2.58. The molecule has 0 aliphatic carbocycles. The number of benzene rings is 1. The molecule has 0 bridgehead atoms. The van der Waals surface area contributed by atoms with Gasteiger partial charge in [0, 0.05) is 23.7 Å². The van der Waals surface area contributed by atoms with Gasteiger partial charge in [0.2, 0.25) is 5.89 Å². The van der Waals surface area contributed by atoms with E-state index in [1.54, 1.807) is 0 Å². The van der Waals surface area contributed by atoms with E-state index in [4.69, 9.17) is 16.1 Å². The Morgan fingerprint density at radius 2 is 2.00 bits per heavy atom. The molecule has 6 heteroatoms. The molecule has 0 amide bonds. The molecule has 0 saturated carbocycles. The molecule has 1 aromatic carbocycles. The minimum atomic E-state index is 0.511. The second-order valence-corrected chi connectivity index (χ2v) is 4.95. The zero-order valence-corrected chi connectivity index (χ0v) is 11.8. The maximum atomic E-state index is 5.82. The summed E-state index contributed by atoms with van der Waals surface area (Å²) >= 11 is 5.82. The Kier molecular flexibility index (Phi) is 4.76. The van der Waals surface area contributed by atoms with Crippen LogP contribution >= 0.6 is 11.6 Å². The van der Waals surface area contributed by atoms with Crippen LogP contribution in [0.4, 0.5) is 5.69 Å². The summed E-state index contributed by atoms with van der Waals surface area (Å²) in [5.74, 6) is 1.32. The summed E-state index contributed by atoms with van der Waals surface area (Å²) in [5, 5.41) is 7.86. The molecule has 0 spiro atoms. The average Bonchev–Trinajstić information content (AvgIpc) is 2.84. The lowest BCUT2D eigenvalue weighted by Crippen LogP contribution is -2.15. The number of hydrogen-bond donors (Lipinski definition) is 1. The van der Waals surface area contributed by atoms with Gasteiger partial charge in [-0.2, -0.15) is 4.98 Å². The Bertz CT molecular complexity index is 510. The fraction of sp³-hybridized carbons (Fsp3) is 0.385. The van der Waals surface area contributed by atoms with Crippen LogP contribution in [0.5, 0.6) is 0 Å². The van der Waals surface area contributed by atoms with E-state index in [-0.39, 0.29) is 0 Å². The van der Waals surface area contributed by atoms with Crippen molar-refractivity contribution < 1.29 is 4.52 Å². The van der Waals surface area contributed by atoms with Crippen LogP contribution in [0, 0.1) is 0 Å². The third kappa shape index (κ3) is 4.54. The minimum absolute atomic E-state index is 0.511. The number of rotatable bonds is 6. The molecule has 0 aliphatic heterocycles. The molecule has 0 unspecified atom stereocenters. The monoisotopic (exact) mass is 280 g/mol. The standard InChI is InChI=1S/C13H17ClN4O/c1-18(2)8-7-12-16-13(19-17-12)9-15-11-5-3-10(14)4-6-11/h3-6,15H,7-9H2,1-2H3. The number of halogens is 1. The van der Waals surface area contributed by atoms with Crippen LogP contribution in [0.2, 0.25) is 5.02 Å². The van der Waals surface area contributed by atoms with Crippen molar-refractivity contribution in [2.45, 2.75) is 13.0 Å². The highest BCUT2D eigenvalue weighted by Gasteiger charge is 2.06. The van der Waals surface area contributed by atoms with Crippen LogP contribution in [0.3, 0.4) is 0 Å². The molecule has 0 fully saturated rings. The fourth-order valence-electron chi connectivity index (χ4n) is 1.53. The van der Waals surface area contributed by atoms with Gasteiger partial charge in [-0.1, -0.05) is 16.8 Å². The van der Waals surface area contributed by atoms with Crippen LogP contribution in [0.25, 0.3) is 0 Å². The first-order valence-corrected chi connectivity index (χ1v) is 6.47. The molecule has 1 heterocycles. The molecule has 0 atom stereocenters. The first kappa shape index (κ1) is 13.8. The SMILES string of the molecule is CN(C)CCc1noc(CNc2ccc(Cl)cc2)n1. The lowest BCUT2D eigenvalue weighted by Gasteiger charge is -2.05. The topological polar surface area (TPSA) is 54.2 Å². The van der Waals surface area contributed by atoms with Gasteiger partial charge >= 0.3 is 0 Å². The number of anilines is 1. The average molecular weight is 281 g/mol. The van der Waals surface area contributed by atoms with Crippen LogP contribution in [0.1, 0.15) is 11.7 Å². The smallest absolute Gasteiger partial charge is 0.245 e. The molecule has 0 aliphatic rings. The highest BCUT2D eigenvalue weighted by Crippen LogP contribution is 2.14. The largest absolute Gasteiger partial charge is 0.376 e. The fourth-order valence-corrected chi connectivity index (χ4v) is 1.66. The van der Waals surface area contributed by atoms with Gasteiger partial charge in [-0.05, 0) is 38.4 Å². The predicted molar refractivity (Wildman–Crippen MR) is 75.3 cm³/mol. The Labute approximate surface area is 117 Å². The summed E-state index contributed by atoms with van der Waals surface area (Å²) in [6, 6.07) is 7.48. The third-order valence-corrected chi connectivity index (χ3v) is 2.83. The van der Waals surface area contributed by atoms with E-state index in [1.807, 2.05) is 38.4 Å². The summed E-state index contributed by atoms with van der Waals surface area (Å²) in [6.45, 7) is 1.42. The highest BCUT2D eigenvalue weighted by molar-refractivity contribution is 6.30. The van der Waals surface area contributed by atoms with E-state index < -0.39 is 0 Å². The van der Waals surface area contributed by atoms with Crippen molar-refractivity contribution in [2.75, 3.05) is 26.0 Å². The van der Waals surface area contributed by atoms with Gasteiger partial charge in [0.05, 0.1) is 6.54 Å². The summed E-state index contributed by atoms with van der Waals surface area (Å²) in [6.07, 6.45) is 0.789. The van der Waals surface area contributed by atoms with Gasteiger partial charge < -0.3 is 14.7 Å². The number of likely N-dealkylation sites (N-methyl/N-ethyl adjacent to an activating group) is 1. The number of aromatic nitrogens is 2. The lowest BCUT2D eigenvalue weighted by atomic mass is 10.3. The van der Waals surface area contributed by atoms with Crippen LogP contribution < -0.4 is 5.32 Å². The van der Waals surface area contributed by atoms with Crippen LogP contribution in [0.15, 0.2) is 28.8 Å². The van der Waals surface area contributed by atoms with Gasteiger partial charge in [0.1, 0.15) is 0 Å². The van der Waals surface area contributed by atoms with E-state index >= 15 is 0 Å². The van der Waals surface area contributed by atoms with Crippen molar-refractivity contribution in [3.05, 3.63) is 41.0 Å². The molecular weight excluding hydrogens is 264 g/mol. The van der Waals surface area contributed by atoms with Gasteiger partial charge in [-0.15, -0.1) is 0 Å². The van der Waals surface area contributed by atoms with E-state index in [2.05, 4.69) is 20.4 Å². The molecule has 2 rings (SSSR count). The van der Waals surface area contributed by atoms with E-state index in [9.17, 15) is 0 Å². The van der Waals surface area contributed by atoms with Crippen LogP contribution in [-0.4, -0.2) is 35.7 Å². The zero-order chi connectivity index (χ0) is 13.7. The normalized spacial score (nSPS) is 10.9. The molecule has 2 aromatic rings. The van der Waals surface area contributed by atoms with Crippen LogP contribution in [-0.2, 0) is 13.0 Å². The predicted octanol–water partition coefficient (Wildman–Crippen LogP) is 2.44. The quantitative estimate of drug-likeness (QED) is 0.881. The molecule has 0 saturated heterocycles. The maximum Gasteiger partial charge on any atom is 0.245 e. The van der Waals surface area contributed by atoms with E-state index in [0.29, 0.717) is 17.5 Å². The van der Waals surface area contributed by atoms with Crippen molar-refractivity contribution >= 4 is 17.3 Å². The summed E-state index contributed by atoms with van der Waals surface area (Å²) < 4.78 is 5.17. The number of nitrogens with one attached hydrogen (secondary N) is 1. The Morgan fingerprint density at radius 3 is 2.68 bits per heavy atom. The van der Waals surface area contributed by atoms with Gasteiger partial charge in [0.15, 0.2) is 5.82 Å². The second kappa shape index (κ2) is 6.54. The van der Waals surface area contributed by atoms with Gasteiger partial charge in [-0.3, -0.25) is 0 Å². The molecule has 102 valence electrons. The summed E-state index contributed by atoms with van der Waals surface area (Å²) in [4.78, 5) is 6.41. The Morgan fingerprint density at radius 1 is 1.26 bits per heavy atom. The second-order valence-electron chi connectivity index (χ2n) is 4.52. The Balaban J connectivity index is 1.84. The highest BCUT2D eigenvalue weighted by atomic mass is 35.5. The van der Waals surface area contributed by atoms with Crippen molar-refractivity contribution in [3.8, 4) is 0 Å². The van der Waals surface area contributed by atoms with Gasteiger partial charge in [0.25, 0.3) is 0 Å². The molecule has 1 N–H and O–H groups in total. The zero-order valence-electron chi connectivity index (χ0n) is 11.1. The van der Waals surface area contributed by atoms with Crippen molar-refractivity contribution in [2.24, 2.45) is 0 Å². The Hall–Kier alpha value is -1.59. The first-order valence-electron chi connectivity index (χ1n) is 6.09. The van der Waals surface area contributed by atoms with Gasteiger partial charge in [-0.25, -0.2) is 0 Å². The minimum Gasteiger partial charge on any atom is -0.376 e. The van der Waals surface area contributed by atoms with E-state index in [0.717, 1.165) is 24.5 Å². The van der Waals surface area contributed by atoms with Crippen molar-refractivity contribution in [1.82, 2.24) is 15.0 Å². The number of nitrogens with zero attached hydrogens (tertiary/aromatic N) is 3. The molecule has 5 nitrogen and oxygen atoms in total. The van der Waals surface area contributed by atoms with Crippen molar-refractivity contribution in [3.63, 3.8) is 0 Å². The molecule has 19 heavy (non-hydrogen) atoms. The first-order chi connectivity index (χ1) is 9.13. The molecular formula is C13H17ClN4O. The molecule has 1 aromatic heterocycles. The summed E-state index contributed by atoms with van der Waals surface area (Å²) in [5.41, 5.74) is 0.970. The molecule has 0 radical (unpaired) electrons. The van der Waals surface area contributed by atoms with Crippen molar-refractivity contribution in [1.29, 1.82) is 0 Å². The summed E-state index contributed by atoms with van der Waals surface area (Å²) in [7, 11) is 4.03. The maximum absolute atomic E-state index is 5.82. The van der Waals surface area contributed by atoms with E-state index in [1.165, 1.54) is 0 Å². The lowest BCUT2D eigenvalue weighted by molar-refractivity contribution is 0.369. The number of hydrogen-bond acceptors (Lipinski definition) is 5.